The van der Waals surface area contributed by atoms with Gasteiger partial charge in [0.25, 0.3) is 0 Å². The van der Waals surface area contributed by atoms with E-state index in [0.717, 1.165) is 37.7 Å². The minimum atomic E-state index is -0.528. The molecule has 1 aromatic carbocycles. The quantitative estimate of drug-likeness (QED) is 0.935. The Bertz CT molecular complexity index is 569. The van der Waals surface area contributed by atoms with Gasteiger partial charge in [0.1, 0.15) is 11.6 Å². The molecule has 20 heavy (non-hydrogen) atoms. The van der Waals surface area contributed by atoms with E-state index in [4.69, 9.17) is 0 Å². The van der Waals surface area contributed by atoms with E-state index in [9.17, 15) is 8.78 Å². The fourth-order valence-corrected chi connectivity index (χ4v) is 2.84. The summed E-state index contributed by atoms with van der Waals surface area (Å²) in [6.45, 7) is 2.34. The van der Waals surface area contributed by atoms with Crippen LogP contribution in [0, 0.1) is 11.6 Å². The Morgan fingerprint density at radius 1 is 1.30 bits per heavy atom. The van der Waals surface area contributed by atoms with Gasteiger partial charge < -0.3 is 0 Å². The molecule has 5 heteroatoms. The SMILES string of the molecule is Fc1ccc(CN2CCCC(c3ccn[nH]3)C2)c(F)c1. The number of nitrogens with zero attached hydrogens (tertiary/aromatic N) is 2. The van der Waals surface area contributed by atoms with Crippen molar-refractivity contribution in [1.82, 2.24) is 15.1 Å². The zero-order valence-electron chi connectivity index (χ0n) is 11.1. The molecule has 3 rings (SSSR count). The second kappa shape index (κ2) is 5.71. The van der Waals surface area contributed by atoms with E-state index < -0.39 is 11.6 Å². The van der Waals surface area contributed by atoms with Gasteiger partial charge in [-0.15, -0.1) is 0 Å². The number of hydrogen-bond acceptors (Lipinski definition) is 2. The van der Waals surface area contributed by atoms with Gasteiger partial charge in [0.05, 0.1) is 0 Å². The third kappa shape index (κ3) is 2.88. The van der Waals surface area contributed by atoms with Crippen molar-refractivity contribution in [3.8, 4) is 0 Å². The van der Waals surface area contributed by atoms with Gasteiger partial charge in [-0.25, -0.2) is 8.78 Å². The molecule has 106 valence electrons. The standard InChI is InChI=1S/C15H17F2N3/c16-13-4-3-11(14(17)8-13)9-20-7-1-2-12(10-20)15-5-6-18-19-15/h3-6,8,12H,1-2,7,9-10H2,(H,18,19). The first-order valence-electron chi connectivity index (χ1n) is 6.88. The lowest BCUT2D eigenvalue weighted by atomic mass is 9.94. The summed E-state index contributed by atoms with van der Waals surface area (Å²) < 4.78 is 26.6. The number of piperidine rings is 1. The smallest absolute Gasteiger partial charge is 0.130 e. The third-order valence-corrected chi connectivity index (χ3v) is 3.88. The van der Waals surface area contributed by atoms with Crippen LogP contribution in [0.5, 0.6) is 0 Å². The molecule has 0 saturated carbocycles. The topological polar surface area (TPSA) is 31.9 Å². The fourth-order valence-electron chi connectivity index (χ4n) is 2.84. The highest BCUT2D eigenvalue weighted by Gasteiger charge is 2.22. The van der Waals surface area contributed by atoms with E-state index in [2.05, 4.69) is 15.1 Å². The molecule has 0 bridgehead atoms. The minimum Gasteiger partial charge on any atom is -0.298 e. The van der Waals surface area contributed by atoms with Crippen LogP contribution in [0.2, 0.25) is 0 Å². The minimum absolute atomic E-state index is 0.412. The summed E-state index contributed by atoms with van der Waals surface area (Å²) in [5, 5.41) is 6.99. The third-order valence-electron chi connectivity index (χ3n) is 3.88. The number of nitrogens with one attached hydrogen (secondary N) is 1. The molecule has 1 aromatic heterocycles. The summed E-state index contributed by atoms with van der Waals surface area (Å²) in [6, 6.07) is 5.79. The van der Waals surface area contributed by atoms with Gasteiger partial charge in [0, 0.05) is 42.5 Å². The van der Waals surface area contributed by atoms with Gasteiger partial charge in [0.2, 0.25) is 0 Å². The Hall–Kier alpha value is -1.75. The molecule has 3 nitrogen and oxygen atoms in total. The van der Waals surface area contributed by atoms with E-state index in [1.54, 1.807) is 6.20 Å². The molecule has 2 aromatic rings. The first-order valence-corrected chi connectivity index (χ1v) is 6.88. The molecule has 0 spiro atoms. The maximum atomic E-state index is 13.7. The van der Waals surface area contributed by atoms with Crippen LogP contribution in [0.25, 0.3) is 0 Å². The van der Waals surface area contributed by atoms with Crippen molar-refractivity contribution >= 4 is 0 Å². The van der Waals surface area contributed by atoms with Crippen molar-refractivity contribution in [3.63, 3.8) is 0 Å². The number of aromatic amines is 1. The van der Waals surface area contributed by atoms with E-state index in [0.29, 0.717) is 18.0 Å². The lowest BCUT2D eigenvalue weighted by molar-refractivity contribution is 0.196. The summed E-state index contributed by atoms with van der Waals surface area (Å²) in [4.78, 5) is 2.21. The first-order chi connectivity index (χ1) is 9.72. The largest absolute Gasteiger partial charge is 0.298 e. The Morgan fingerprint density at radius 2 is 2.20 bits per heavy atom. The molecule has 1 atom stereocenters. The maximum absolute atomic E-state index is 13.7. The number of halogens is 2. The second-order valence-electron chi connectivity index (χ2n) is 5.32. The molecule has 1 aliphatic rings. The summed E-state index contributed by atoms with van der Waals surface area (Å²) in [5.41, 5.74) is 1.69. The Balaban J connectivity index is 1.68. The highest BCUT2D eigenvalue weighted by molar-refractivity contribution is 5.19. The summed E-state index contributed by atoms with van der Waals surface area (Å²) in [7, 11) is 0. The number of likely N-dealkylation sites (tertiary alicyclic amines) is 1. The Labute approximate surface area is 116 Å². The van der Waals surface area contributed by atoms with Gasteiger partial charge in [-0.2, -0.15) is 5.10 Å². The molecule has 2 heterocycles. The van der Waals surface area contributed by atoms with E-state index in [1.807, 2.05) is 6.07 Å². The zero-order chi connectivity index (χ0) is 13.9. The highest BCUT2D eigenvalue weighted by Crippen LogP contribution is 2.26. The molecule has 0 aliphatic carbocycles. The average molecular weight is 277 g/mol. The second-order valence-corrected chi connectivity index (χ2v) is 5.32. The van der Waals surface area contributed by atoms with Crippen LogP contribution in [-0.4, -0.2) is 28.2 Å². The molecule has 1 aliphatic heterocycles. The predicted octanol–water partition coefficient (Wildman–Crippen LogP) is 3.07. The van der Waals surface area contributed by atoms with Gasteiger partial charge in [-0.1, -0.05) is 6.07 Å². The van der Waals surface area contributed by atoms with Gasteiger partial charge in [-0.05, 0) is 31.5 Å². The summed E-state index contributed by atoms with van der Waals surface area (Å²) in [5.74, 6) is -0.580. The Morgan fingerprint density at radius 3 is 2.95 bits per heavy atom. The summed E-state index contributed by atoms with van der Waals surface area (Å²) in [6.07, 6.45) is 3.95. The molecule has 1 N–H and O–H groups in total. The molecule has 1 saturated heterocycles. The lowest BCUT2D eigenvalue weighted by Crippen LogP contribution is -2.34. The molecular formula is C15H17F2N3. The van der Waals surface area contributed by atoms with Gasteiger partial charge in [-0.3, -0.25) is 10.00 Å². The van der Waals surface area contributed by atoms with Crippen molar-refractivity contribution in [2.24, 2.45) is 0 Å². The first kappa shape index (κ1) is 13.2. The zero-order valence-corrected chi connectivity index (χ0v) is 11.1. The van der Waals surface area contributed by atoms with Crippen LogP contribution in [0.1, 0.15) is 30.0 Å². The lowest BCUT2D eigenvalue weighted by Gasteiger charge is -2.32. The monoisotopic (exact) mass is 277 g/mol. The van der Waals surface area contributed by atoms with Crippen LogP contribution in [0.4, 0.5) is 8.78 Å². The predicted molar refractivity (Wildman–Crippen MR) is 72.2 cm³/mol. The summed E-state index contributed by atoms with van der Waals surface area (Å²) >= 11 is 0. The molecule has 1 fully saturated rings. The molecule has 0 radical (unpaired) electrons. The number of rotatable bonds is 3. The van der Waals surface area contributed by atoms with Crippen LogP contribution in [0.3, 0.4) is 0 Å². The van der Waals surface area contributed by atoms with Crippen molar-refractivity contribution in [2.45, 2.75) is 25.3 Å². The average Bonchev–Trinajstić information content (AvgIpc) is 2.96. The van der Waals surface area contributed by atoms with Crippen molar-refractivity contribution in [1.29, 1.82) is 0 Å². The number of hydrogen-bond donors (Lipinski definition) is 1. The van der Waals surface area contributed by atoms with Crippen LogP contribution >= 0.6 is 0 Å². The van der Waals surface area contributed by atoms with Crippen molar-refractivity contribution < 1.29 is 8.78 Å². The van der Waals surface area contributed by atoms with Crippen molar-refractivity contribution in [3.05, 3.63) is 53.4 Å². The van der Waals surface area contributed by atoms with Crippen LogP contribution in [0.15, 0.2) is 30.5 Å². The van der Waals surface area contributed by atoms with Crippen LogP contribution in [-0.2, 0) is 6.54 Å². The molecule has 1 unspecified atom stereocenters. The van der Waals surface area contributed by atoms with E-state index in [1.165, 1.54) is 12.1 Å². The van der Waals surface area contributed by atoms with E-state index >= 15 is 0 Å². The maximum Gasteiger partial charge on any atom is 0.130 e. The Kier molecular flexibility index (Phi) is 3.78. The number of H-pyrrole nitrogens is 1. The normalized spacial score (nSPS) is 20.2. The molecule has 0 amide bonds. The fraction of sp³-hybridized carbons (Fsp3) is 0.400. The van der Waals surface area contributed by atoms with Crippen molar-refractivity contribution in [2.75, 3.05) is 13.1 Å². The van der Waals surface area contributed by atoms with Crippen LogP contribution < -0.4 is 0 Å². The highest BCUT2D eigenvalue weighted by atomic mass is 19.1. The molecular weight excluding hydrogens is 260 g/mol. The van der Waals surface area contributed by atoms with Gasteiger partial charge >= 0.3 is 0 Å². The number of aromatic nitrogens is 2. The van der Waals surface area contributed by atoms with E-state index in [-0.39, 0.29) is 0 Å². The number of benzene rings is 1. The van der Waals surface area contributed by atoms with Gasteiger partial charge in [0.15, 0.2) is 0 Å².